The second kappa shape index (κ2) is 9.44. The summed E-state index contributed by atoms with van der Waals surface area (Å²) < 4.78 is 15.7. The van der Waals surface area contributed by atoms with Gasteiger partial charge in [-0.15, -0.1) is 11.3 Å². The number of esters is 1. The van der Waals surface area contributed by atoms with Gasteiger partial charge in [0, 0.05) is 10.9 Å². The van der Waals surface area contributed by atoms with E-state index >= 15 is 0 Å². The highest BCUT2D eigenvalue weighted by molar-refractivity contribution is 7.15. The van der Waals surface area contributed by atoms with Crippen molar-refractivity contribution in [3.63, 3.8) is 0 Å². The largest absolute Gasteiger partial charge is 0.496 e. The highest BCUT2D eigenvalue weighted by Gasteiger charge is 2.25. The quantitative estimate of drug-likeness (QED) is 0.512. The molecule has 1 aliphatic carbocycles. The van der Waals surface area contributed by atoms with Crippen molar-refractivity contribution in [2.75, 3.05) is 26.6 Å². The number of thiophene rings is 1. The Morgan fingerprint density at radius 1 is 0.906 bits per heavy atom. The van der Waals surface area contributed by atoms with E-state index in [0.29, 0.717) is 22.1 Å². The van der Waals surface area contributed by atoms with Gasteiger partial charge in [0.25, 0.3) is 5.91 Å². The molecule has 0 unspecified atom stereocenters. The smallest absolute Gasteiger partial charge is 0.341 e. The fourth-order valence-corrected chi connectivity index (χ4v) is 5.06. The molecular formula is C25H25NO5S. The molecule has 166 valence electrons. The van der Waals surface area contributed by atoms with Gasteiger partial charge in [0.1, 0.15) is 27.6 Å². The Morgan fingerprint density at radius 2 is 1.59 bits per heavy atom. The summed E-state index contributed by atoms with van der Waals surface area (Å²) in [6.45, 7) is 0. The molecule has 0 spiro atoms. The minimum atomic E-state index is -0.499. The number of rotatable bonds is 6. The number of methoxy groups -OCH3 is 3. The van der Waals surface area contributed by atoms with Gasteiger partial charge < -0.3 is 19.5 Å². The van der Waals surface area contributed by atoms with Crippen molar-refractivity contribution in [1.29, 1.82) is 0 Å². The molecule has 1 aromatic heterocycles. The van der Waals surface area contributed by atoms with Crippen molar-refractivity contribution in [3.05, 3.63) is 64.0 Å². The van der Waals surface area contributed by atoms with Gasteiger partial charge >= 0.3 is 5.97 Å². The van der Waals surface area contributed by atoms with Crippen LogP contribution in [0.2, 0.25) is 0 Å². The average molecular weight is 452 g/mol. The molecule has 0 saturated carbocycles. The monoisotopic (exact) mass is 451 g/mol. The zero-order valence-corrected chi connectivity index (χ0v) is 19.1. The van der Waals surface area contributed by atoms with Crippen LogP contribution in [0.5, 0.6) is 11.5 Å². The Labute approximate surface area is 191 Å². The predicted octanol–water partition coefficient (Wildman–Crippen LogP) is 5.35. The molecule has 2 aromatic carbocycles. The van der Waals surface area contributed by atoms with Gasteiger partial charge in [-0.25, -0.2) is 4.79 Å². The van der Waals surface area contributed by atoms with Crippen molar-refractivity contribution < 1.29 is 23.8 Å². The van der Waals surface area contributed by atoms with E-state index in [2.05, 4.69) is 17.4 Å². The van der Waals surface area contributed by atoms with Gasteiger partial charge in [-0.2, -0.15) is 0 Å². The van der Waals surface area contributed by atoms with Crippen molar-refractivity contribution in [2.45, 2.75) is 25.7 Å². The Bertz CT molecular complexity index is 1140. The Balaban J connectivity index is 1.73. The summed E-state index contributed by atoms with van der Waals surface area (Å²) in [6, 6.07) is 11.4. The van der Waals surface area contributed by atoms with Crippen LogP contribution in [0.1, 0.15) is 44.7 Å². The molecule has 1 heterocycles. The predicted molar refractivity (Wildman–Crippen MR) is 125 cm³/mol. The molecule has 1 aliphatic rings. The molecule has 0 aliphatic heterocycles. The summed E-state index contributed by atoms with van der Waals surface area (Å²) in [5, 5.41) is 5.16. The third kappa shape index (κ3) is 4.08. The van der Waals surface area contributed by atoms with Gasteiger partial charge in [-0.05, 0) is 54.5 Å². The van der Waals surface area contributed by atoms with Gasteiger partial charge in [0.15, 0.2) is 0 Å². The molecule has 0 atom stereocenters. The zero-order chi connectivity index (χ0) is 22.7. The minimum absolute atomic E-state index is 0.261. The summed E-state index contributed by atoms with van der Waals surface area (Å²) in [4.78, 5) is 25.9. The molecule has 4 rings (SSSR count). The molecule has 1 amide bonds. The molecule has 6 nitrogen and oxygen atoms in total. The maximum Gasteiger partial charge on any atom is 0.341 e. The third-order valence-electron chi connectivity index (χ3n) is 5.72. The van der Waals surface area contributed by atoms with Crippen LogP contribution in [0.25, 0.3) is 11.1 Å². The Hall–Kier alpha value is -3.32. The maximum absolute atomic E-state index is 13.2. The molecule has 1 N–H and O–H groups in total. The summed E-state index contributed by atoms with van der Waals surface area (Å²) in [5.41, 5.74) is 4.98. The van der Waals surface area contributed by atoms with Crippen LogP contribution >= 0.6 is 11.3 Å². The normalized spacial score (nSPS) is 12.6. The van der Waals surface area contributed by atoms with E-state index in [9.17, 15) is 9.59 Å². The Kier molecular flexibility index (Phi) is 6.46. The first-order valence-electron chi connectivity index (χ1n) is 10.4. The lowest BCUT2D eigenvalue weighted by atomic mass is 9.89. The first-order valence-corrected chi connectivity index (χ1v) is 11.3. The van der Waals surface area contributed by atoms with Crippen LogP contribution in [0.4, 0.5) is 5.00 Å². The van der Waals surface area contributed by atoms with Crippen LogP contribution in [0.15, 0.2) is 41.8 Å². The molecule has 0 saturated heterocycles. The fourth-order valence-electron chi connectivity index (χ4n) is 4.11. The highest BCUT2D eigenvalue weighted by atomic mass is 32.1. The van der Waals surface area contributed by atoms with Crippen molar-refractivity contribution in [3.8, 4) is 22.6 Å². The molecule has 0 radical (unpaired) electrons. The van der Waals surface area contributed by atoms with E-state index in [1.807, 2.05) is 11.4 Å². The van der Waals surface area contributed by atoms with Crippen molar-refractivity contribution in [2.24, 2.45) is 0 Å². The topological polar surface area (TPSA) is 73.9 Å². The number of benzene rings is 2. The second-order valence-electron chi connectivity index (χ2n) is 7.53. The van der Waals surface area contributed by atoms with Crippen molar-refractivity contribution >= 4 is 28.2 Å². The van der Waals surface area contributed by atoms with Gasteiger partial charge in [-0.3, -0.25) is 4.79 Å². The first kappa shape index (κ1) is 21.9. The standard InChI is InChI=1S/C25H25NO5S/c1-29-19-9-6-10-20(30-2)22(19)23(27)26-24-21(25(28)31-3)18(14-32-24)17-12-11-15-7-4-5-8-16(15)13-17/h6,9-14H,4-5,7-8H2,1-3H3,(H,26,27). The number of carbonyl (C=O) groups is 2. The van der Waals surface area contributed by atoms with E-state index in [4.69, 9.17) is 14.2 Å². The molecule has 32 heavy (non-hydrogen) atoms. The number of aryl methyl sites for hydroxylation is 2. The molecule has 7 heteroatoms. The molecule has 0 fully saturated rings. The minimum Gasteiger partial charge on any atom is -0.496 e. The number of carbonyl (C=O) groups excluding carboxylic acids is 2. The summed E-state index contributed by atoms with van der Waals surface area (Å²) in [6.07, 6.45) is 4.51. The zero-order valence-electron chi connectivity index (χ0n) is 18.3. The van der Waals surface area contributed by atoms with E-state index in [1.165, 1.54) is 56.6 Å². The first-order chi connectivity index (χ1) is 15.6. The Morgan fingerprint density at radius 3 is 2.25 bits per heavy atom. The second-order valence-corrected chi connectivity index (χ2v) is 8.41. The maximum atomic E-state index is 13.2. The molecule has 3 aromatic rings. The van der Waals surface area contributed by atoms with E-state index in [-0.39, 0.29) is 5.56 Å². The lowest BCUT2D eigenvalue weighted by Crippen LogP contribution is -2.16. The van der Waals surface area contributed by atoms with Crippen LogP contribution < -0.4 is 14.8 Å². The fraction of sp³-hybridized carbons (Fsp3) is 0.280. The van der Waals surface area contributed by atoms with Crippen LogP contribution in [-0.4, -0.2) is 33.2 Å². The van der Waals surface area contributed by atoms with Crippen LogP contribution in [-0.2, 0) is 17.6 Å². The average Bonchev–Trinajstić information content (AvgIpc) is 3.25. The van der Waals surface area contributed by atoms with Crippen LogP contribution in [0.3, 0.4) is 0 Å². The summed E-state index contributed by atoms with van der Waals surface area (Å²) in [5.74, 6) is -0.162. The summed E-state index contributed by atoms with van der Waals surface area (Å²) in [7, 11) is 4.32. The number of ether oxygens (including phenoxy) is 3. The number of amides is 1. The number of nitrogens with one attached hydrogen (secondary N) is 1. The van der Waals surface area contributed by atoms with Crippen molar-refractivity contribution in [1.82, 2.24) is 0 Å². The van der Waals surface area contributed by atoms with Gasteiger partial charge in [0.2, 0.25) is 0 Å². The van der Waals surface area contributed by atoms with Gasteiger partial charge in [-0.1, -0.05) is 24.3 Å². The highest BCUT2D eigenvalue weighted by Crippen LogP contribution is 2.39. The van der Waals surface area contributed by atoms with E-state index < -0.39 is 11.9 Å². The van der Waals surface area contributed by atoms with E-state index in [0.717, 1.165) is 24.0 Å². The lowest BCUT2D eigenvalue weighted by molar-refractivity contribution is 0.0603. The number of anilines is 1. The number of hydrogen-bond acceptors (Lipinski definition) is 6. The third-order valence-corrected chi connectivity index (χ3v) is 6.62. The molecular weight excluding hydrogens is 426 g/mol. The van der Waals surface area contributed by atoms with E-state index in [1.54, 1.807) is 18.2 Å². The lowest BCUT2D eigenvalue weighted by Gasteiger charge is -2.17. The SMILES string of the molecule is COC(=O)c1c(-c2ccc3c(c2)CCCC3)csc1NC(=O)c1c(OC)cccc1OC. The number of hydrogen-bond donors (Lipinski definition) is 1. The summed E-state index contributed by atoms with van der Waals surface area (Å²) >= 11 is 1.29. The van der Waals surface area contributed by atoms with Gasteiger partial charge in [0.05, 0.1) is 21.3 Å². The van der Waals surface area contributed by atoms with Crippen LogP contribution in [0, 0.1) is 0 Å². The molecule has 0 bridgehead atoms. The number of fused-ring (bicyclic) bond motifs is 1.